The van der Waals surface area contributed by atoms with E-state index >= 15 is 0 Å². The molecule has 2 atom stereocenters. The Balaban J connectivity index is 2.17. The Hall–Kier alpha value is -1.97. The van der Waals surface area contributed by atoms with Gasteiger partial charge in [-0.3, -0.25) is 9.69 Å². The third-order valence-electron chi connectivity index (χ3n) is 3.61. The number of pyridine rings is 1. The summed E-state index contributed by atoms with van der Waals surface area (Å²) in [5.41, 5.74) is 1.20. The number of nitriles is 1. The van der Waals surface area contributed by atoms with Crippen molar-refractivity contribution >= 4 is 5.97 Å². The van der Waals surface area contributed by atoms with Crippen molar-refractivity contribution in [1.29, 1.82) is 5.26 Å². The predicted molar refractivity (Wildman–Crippen MR) is 70.8 cm³/mol. The molecule has 2 rings (SSSR count). The molecular formula is C14H17N3O3. The molecule has 0 bridgehead atoms. The van der Waals surface area contributed by atoms with Crippen LogP contribution >= 0.6 is 0 Å². The van der Waals surface area contributed by atoms with Gasteiger partial charge in [-0.05, 0) is 12.6 Å². The van der Waals surface area contributed by atoms with Crippen LogP contribution in [0.2, 0.25) is 0 Å². The minimum absolute atomic E-state index is 0.163. The van der Waals surface area contributed by atoms with Crippen molar-refractivity contribution < 1.29 is 14.6 Å². The first-order valence-corrected chi connectivity index (χ1v) is 6.56. The first-order valence-electron chi connectivity index (χ1n) is 6.56. The van der Waals surface area contributed by atoms with Crippen LogP contribution in [0.4, 0.5) is 0 Å². The van der Waals surface area contributed by atoms with E-state index in [-0.39, 0.29) is 12.6 Å². The molecule has 0 amide bonds. The van der Waals surface area contributed by atoms with Crippen LogP contribution in [0.5, 0.6) is 0 Å². The molecular weight excluding hydrogens is 258 g/mol. The second-order valence-electron chi connectivity index (χ2n) is 4.74. The quantitative estimate of drug-likeness (QED) is 0.858. The van der Waals surface area contributed by atoms with Gasteiger partial charge in [0.1, 0.15) is 11.8 Å². The van der Waals surface area contributed by atoms with E-state index in [0.29, 0.717) is 25.4 Å². The van der Waals surface area contributed by atoms with E-state index in [9.17, 15) is 9.90 Å². The minimum atomic E-state index is -0.836. The van der Waals surface area contributed by atoms with Gasteiger partial charge in [0.05, 0.1) is 19.1 Å². The summed E-state index contributed by atoms with van der Waals surface area (Å²) in [6.45, 7) is 3.82. The molecule has 0 saturated carbocycles. The highest BCUT2D eigenvalue weighted by Gasteiger charge is 2.37. The van der Waals surface area contributed by atoms with Crippen LogP contribution in [0.1, 0.15) is 18.2 Å². The van der Waals surface area contributed by atoms with E-state index in [1.807, 2.05) is 17.9 Å². The number of hydrogen-bond donors (Lipinski definition) is 1. The fraction of sp³-hybridized carbons (Fsp3) is 0.500. The molecule has 1 fully saturated rings. The summed E-state index contributed by atoms with van der Waals surface area (Å²) >= 11 is 0. The number of aromatic nitrogens is 1. The van der Waals surface area contributed by atoms with Gasteiger partial charge in [0.15, 0.2) is 0 Å². The molecule has 0 aliphatic carbocycles. The molecule has 0 radical (unpaired) electrons. The highest BCUT2D eigenvalue weighted by atomic mass is 16.5. The van der Waals surface area contributed by atoms with Crippen molar-refractivity contribution in [3.8, 4) is 6.07 Å². The maximum absolute atomic E-state index is 11.2. The topological polar surface area (TPSA) is 86.5 Å². The van der Waals surface area contributed by atoms with Crippen molar-refractivity contribution in [3.63, 3.8) is 0 Å². The summed E-state index contributed by atoms with van der Waals surface area (Å²) in [4.78, 5) is 17.3. The van der Waals surface area contributed by atoms with Crippen LogP contribution in [-0.2, 0) is 16.1 Å². The van der Waals surface area contributed by atoms with Crippen molar-refractivity contribution in [2.24, 2.45) is 5.92 Å². The Morgan fingerprint density at radius 2 is 2.45 bits per heavy atom. The first-order chi connectivity index (χ1) is 9.67. The number of ether oxygens (including phenoxy) is 1. The fourth-order valence-electron chi connectivity index (χ4n) is 2.49. The van der Waals surface area contributed by atoms with Crippen molar-refractivity contribution in [1.82, 2.24) is 9.88 Å². The molecule has 6 heteroatoms. The zero-order valence-corrected chi connectivity index (χ0v) is 11.3. The molecule has 1 aromatic rings. The van der Waals surface area contributed by atoms with Crippen molar-refractivity contribution in [2.45, 2.75) is 19.5 Å². The normalized spacial score (nSPS) is 21.9. The lowest BCUT2D eigenvalue weighted by molar-refractivity contribution is -0.143. The fourth-order valence-corrected chi connectivity index (χ4v) is 2.49. The Bertz CT molecular complexity index is 527. The molecule has 106 valence electrons. The Morgan fingerprint density at radius 1 is 1.65 bits per heavy atom. The standard InChI is InChI=1S/C14H17N3O3/c1-2-17(13-9-20-8-11(13)14(18)19)7-10-4-3-5-16-12(10)6-15/h3-5,11,13H,2,7-9H2,1H3,(H,18,19). The molecule has 1 aromatic heterocycles. The lowest BCUT2D eigenvalue weighted by atomic mass is 10.0. The highest BCUT2D eigenvalue weighted by molar-refractivity contribution is 5.71. The van der Waals surface area contributed by atoms with E-state index in [1.54, 1.807) is 12.3 Å². The van der Waals surface area contributed by atoms with Gasteiger partial charge in [-0.1, -0.05) is 13.0 Å². The molecule has 0 aromatic carbocycles. The lowest BCUT2D eigenvalue weighted by Crippen LogP contribution is -2.42. The number of carbonyl (C=O) groups is 1. The molecule has 20 heavy (non-hydrogen) atoms. The van der Waals surface area contributed by atoms with E-state index in [1.165, 1.54) is 0 Å². The third-order valence-corrected chi connectivity index (χ3v) is 3.61. The summed E-state index contributed by atoms with van der Waals surface area (Å²) in [6, 6.07) is 5.53. The Morgan fingerprint density at radius 3 is 3.10 bits per heavy atom. The number of aliphatic carboxylic acids is 1. The zero-order valence-electron chi connectivity index (χ0n) is 11.3. The molecule has 1 aliphatic rings. The van der Waals surface area contributed by atoms with Crippen molar-refractivity contribution in [3.05, 3.63) is 29.6 Å². The van der Waals surface area contributed by atoms with Crippen LogP contribution in [0.15, 0.2) is 18.3 Å². The van der Waals surface area contributed by atoms with Gasteiger partial charge in [-0.15, -0.1) is 0 Å². The van der Waals surface area contributed by atoms with Crippen LogP contribution in [0.25, 0.3) is 0 Å². The van der Waals surface area contributed by atoms with E-state index < -0.39 is 11.9 Å². The summed E-state index contributed by atoms with van der Waals surface area (Å²) < 4.78 is 5.30. The molecule has 1 aliphatic heterocycles. The second kappa shape index (κ2) is 6.46. The van der Waals surface area contributed by atoms with Crippen LogP contribution in [0, 0.1) is 17.2 Å². The minimum Gasteiger partial charge on any atom is -0.481 e. The van der Waals surface area contributed by atoms with Crippen LogP contribution in [-0.4, -0.2) is 46.8 Å². The highest BCUT2D eigenvalue weighted by Crippen LogP contribution is 2.22. The predicted octanol–water partition coefficient (Wildman–Crippen LogP) is 0.875. The summed E-state index contributed by atoms with van der Waals surface area (Å²) in [5.74, 6) is -1.35. The SMILES string of the molecule is CCN(Cc1cccnc1C#N)C1COCC1C(=O)O. The van der Waals surface area contributed by atoms with E-state index in [4.69, 9.17) is 10.00 Å². The van der Waals surface area contributed by atoms with Crippen LogP contribution in [0.3, 0.4) is 0 Å². The first kappa shape index (κ1) is 14.4. The molecule has 1 saturated heterocycles. The van der Waals surface area contributed by atoms with Gasteiger partial charge >= 0.3 is 5.97 Å². The van der Waals surface area contributed by atoms with Gasteiger partial charge in [-0.25, -0.2) is 4.98 Å². The molecule has 1 N–H and O–H groups in total. The smallest absolute Gasteiger partial charge is 0.310 e. The van der Waals surface area contributed by atoms with Crippen LogP contribution < -0.4 is 0 Å². The number of carboxylic acids is 1. The van der Waals surface area contributed by atoms with Gasteiger partial charge in [0, 0.05) is 24.3 Å². The number of nitrogens with zero attached hydrogens (tertiary/aromatic N) is 3. The Labute approximate surface area is 117 Å². The summed E-state index contributed by atoms with van der Waals surface area (Å²) in [5, 5.41) is 18.3. The Kier molecular flexibility index (Phi) is 4.66. The molecule has 0 spiro atoms. The van der Waals surface area contributed by atoms with Gasteiger partial charge < -0.3 is 9.84 Å². The second-order valence-corrected chi connectivity index (χ2v) is 4.74. The van der Waals surface area contributed by atoms with Gasteiger partial charge in [0.2, 0.25) is 0 Å². The monoisotopic (exact) mass is 275 g/mol. The summed E-state index contributed by atoms with van der Waals surface area (Å²) in [7, 11) is 0. The molecule has 6 nitrogen and oxygen atoms in total. The number of hydrogen-bond acceptors (Lipinski definition) is 5. The summed E-state index contributed by atoms with van der Waals surface area (Å²) in [6.07, 6.45) is 1.58. The average Bonchev–Trinajstić information content (AvgIpc) is 2.94. The van der Waals surface area contributed by atoms with Gasteiger partial charge in [0.25, 0.3) is 0 Å². The molecule has 2 unspecified atom stereocenters. The number of rotatable bonds is 5. The third kappa shape index (κ3) is 2.95. The molecule has 2 heterocycles. The number of likely N-dealkylation sites (N-methyl/N-ethyl adjacent to an activating group) is 1. The average molecular weight is 275 g/mol. The maximum Gasteiger partial charge on any atom is 0.310 e. The van der Waals surface area contributed by atoms with E-state index in [2.05, 4.69) is 11.1 Å². The van der Waals surface area contributed by atoms with E-state index in [0.717, 1.165) is 5.56 Å². The zero-order chi connectivity index (χ0) is 14.5. The maximum atomic E-state index is 11.2. The van der Waals surface area contributed by atoms with Crippen molar-refractivity contribution in [2.75, 3.05) is 19.8 Å². The van der Waals surface area contributed by atoms with Gasteiger partial charge in [-0.2, -0.15) is 5.26 Å². The lowest BCUT2D eigenvalue weighted by Gasteiger charge is -2.29. The number of carboxylic acid groups (broad SMARTS) is 1. The largest absolute Gasteiger partial charge is 0.481 e.